The Labute approximate surface area is 136 Å². The van der Waals surface area contributed by atoms with Crippen molar-refractivity contribution in [3.05, 3.63) is 29.6 Å². The van der Waals surface area contributed by atoms with E-state index in [1.165, 1.54) is 12.1 Å². The zero-order valence-corrected chi connectivity index (χ0v) is 13.9. The lowest BCUT2D eigenvalue weighted by molar-refractivity contribution is 0.0497. The first-order valence-corrected chi connectivity index (χ1v) is 7.91. The number of rotatable bonds is 6. The van der Waals surface area contributed by atoms with Gasteiger partial charge in [-0.2, -0.15) is 0 Å². The van der Waals surface area contributed by atoms with Crippen molar-refractivity contribution in [3.63, 3.8) is 0 Å². The molecule has 5 nitrogen and oxygen atoms in total. The second kappa shape index (κ2) is 7.17. The first kappa shape index (κ1) is 17.5. The van der Waals surface area contributed by atoms with Gasteiger partial charge in [-0.3, -0.25) is 0 Å². The van der Waals surface area contributed by atoms with Crippen LogP contribution in [-0.4, -0.2) is 29.4 Å². The molecule has 1 aliphatic carbocycles. The summed E-state index contributed by atoms with van der Waals surface area (Å²) in [5.41, 5.74) is 0.138. The van der Waals surface area contributed by atoms with Crippen LogP contribution in [0.4, 0.5) is 9.18 Å². The van der Waals surface area contributed by atoms with Crippen molar-refractivity contribution in [1.29, 1.82) is 0 Å². The molecule has 23 heavy (non-hydrogen) atoms. The molecule has 1 aromatic rings. The van der Waals surface area contributed by atoms with Crippen molar-refractivity contribution in [3.8, 4) is 5.75 Å². The summed E-state index contributed by atoms with van der Waals surface area (Å²) in [5, 5.41) is 15.5. The topological polar surface area (TPSA) is 70.6 Å². The van der Waals surface area contributed by atoms with Crippen LogP contribution in [0, 0.1) is 11.7 Å². The fourth-order valence-electron chi connectivity index (χ4n) is 2.40. The molecule has 1 atom stereocenters. The van der Waals surface area contributed by atoms with Crippen LogP contribution in [-0.2, 0) is 11.3 Å². The van der Waals surface area contributed by atoms with Gasteiger partial charge in [-0.05, 0) is 57.2 Å². The third-order valence-electron chi connectivity index (χ3n) is 3.53. The molecule has 0 radical (unpaired) electrons. The predicted molar refractivity (Wildman–Crippen MR) is 85.7 cm³/mol. The molecule has 2 rings (SSSR count). The Balaban J connectivity index is 1.82. The molecule has 0 aromatic heterocycles. The summed E-state index contributed by atoms with van der Waals surface area (Å²) in [5.74, 6) is -0.101. The predicted octanol–water partition coefficient (Wildman–Crippen LogP) is 2.92. The molecule has 0 spiro atoms. The van der Waals surface area contributed by atoms with Crippen LogP contribution in [0.25, 0.3) is 0 Å². The maximum atomic E-state index is 13.2. The highest BCUT2D eigenvalue weighted by Crippen LogP contribution is 2.32. The van der Waals surface area contributed by atoms with Crippen LogP contribution in [0.3, 0.4) is 0 Å². The van der Waals surface area contributed by atoms with E-state index in [1.54, 1.807) is 0 Å². The van der Waals surface area contributed by atoms with Gasteiger partial charge in [-0.1, -0.05) is 0 Å². The molecule has 6 heteroatoms. The van der Waals surface area contributed by atoms with E-state index < -0.39 is 17.5 Å². The molecule has 0 saturated heterocycles. The van der Waals surface area contributed by atoms with Crippen LogP contribution in [0.15, 0.2) is 18.2 Å². The molecule has 0 aliphatic heterocycles. The normalized spacial score (nSPS) is 16.0. The van der Waals surface area contributed by atoms with Crippen molar-refractivity contribution < 1.29 is 19.0 Å². The van der Waals surface area contributed by atoms with Gasteiger partial charge in [-0.15, -0.1) is 0 Å². The van der Waals surface area contributed by atoms with Crippen molar-refractivity contribution in [2.75, 3.05) is 6.54 Å². The standard InChI is InChI=1S/C17H25FN2O3/c1-17(2,3)23-16(22)20-15(12-4-5-12)10-19-9-11-6-13(18)8-14(21)7-11/h6-8,12,15,19,21H,4-5,9-10H2,1-3H3,(H,20,22). The number of alkyl carbamates (subject to hydrolysis) is 1. The first-order chi connectivity index (χ1) is 10.7. The Morgan fingerprint density at radius 2 is 2.09 bits per heavy atom. The maximum Gasteiger partial charge on any atom is 0.407 e. The van der Waals surface area contributed by atoms with E-state index >= 15 is 0 Å². The molecule has 128 valence electrons. The summed E-state index contributed by atoms with van der Waals surface area (Å²) in [6.07, 6.45) is 1.76. The lowest BCUT2D eigenvalue weighted by atomic mass is 10.1. The van der Waals surface area contributed by atoms with Crippen LogP contribution in [0.5, 0.6) is 5.75 Å². The maximum absolute atomic E-state index is 13.2. The Morgan fingerprint density at radius 1 is 1.39 bits per heavy atom. The third kappa shape index (κ3) is 6.44. The van der Waals surface area contributed by atoms with Crippen molar-refractivity contribution in [2.45, 2.75) is 51.8 Å². The Bertz CT molecular complexity index is 533. The average molecular weight is 324 g/mol. The minimum absolute atomic E-state index is 0.00740. The zero-order chi connectivity index (χ0) is 17.0. The molecule has 0 bridgehead atoms. The Hall–Kier alpha value is -1.82. The second-order valence-electron chi connectivity index (χ2n) is 7.04. The number of halogens is 1. The monoisotopic (exact) mass is 324 g/mol. The van der Waals surface area contributed by atoms with Crippen LogP contribution >= 0.6 is 0 Å². The molecule has 1 unspecified atom stereocenters. The van der Waals surface area contributed by atoms with E-state index in [0.717, 1.165) is 18.9 Å². The van der Waals surface area contributed by atoms with E-state index in [4.69, 9.17) is 4.74 Å². The Kier molecular flexibility index (Phi) is 5.46. The number of phenols is 1. The van der Waals surface area contributed by atoms with Gasteiger partial charge in [0.25, 0.3) is 0 Å². The fraction of sp³-hybridized carbons (Fsp3) is 0.588. The first-order valence-electron chi connectivity index (χ1n) is 7.91. The number of aromatic hydroxyl groups is 1. The molecular weight excluding hydrogens is 299 g/mol. The van der Waals surface area contributed by atoms with Crippen molar-refractivity contribution >= 4 is 6.09 Å². The molecule has 1 amide bonds. The number of hydrogen-bond acceptors (Lipinski definition) is 4. The van der Waals surface area contributed by atoms with Gasteiger partial charge >= 0.3 is 6.09 Å². The number of benzene rings is 1. The fourth-order valence-corrected chi connectivity index (χ4v) is 2.40. The van der Waals surface area contributed by atoms with Crippen LogP contribution < -0.4 is 10.6 Å². The lowest BCUT2D eigenvalue weighted by Gasteiger charge is -2.24. The van der Waals surface area contributed by atoms with E-state index in [-0.39, 0.29) is 11.8 Å². The molecule has 1 aliphatic rings. The van der Waals surface area contributed by atoms with Crippen LogP contribution in [0.2, 0.25) is 0 Å². The molecule has 1 saturated carbocycles. The number of carbonyl (C=O) groups excluding carboxylic acids is 1. The summed E-state index contributed by atoms with van der Waals surface area (Å²) < 4.78 is 18.5. The van der Waals surface area contributed by atoms with Crippen molar-refractivity contribution in [1.82, 2.24) is 10.6 Å². The molecular formula is C17H25FN2O3. The van der Waals surface area contributed by atoms with E-state index in [0.29, 0.717) is 24.6 Å². The van der Waals surface area contributed by atoms with Gasteiger partial charge in [0.15, 0.2) is 0 Å². The summed E-state index contributed by atoms with van der Waals surface area (Å²) in [6, 6.07) is 3.96. The quantitative estimate of drug-likeness (QED) is 0.752. The highest BCUT2D eigenvalue weighted by atomic mass is 19.1. The smallest absolute Gasteiger partial charge is 0.407 e. The van der Waals surface area contributed by atoms with E-state index in [9.17, 15) is 14.3 Å². The average Bonchev–Trinajstić information content (AvgIpc) is 3.18. The number of carbonyl (C=O) groups is 1. The SMILES string of the molecule is CC(C)(C)OC(=O)NC(CNCc1cc(O)cc(F)c1)C1CC1. The van der Waals surface area contributed by atoms with Crippen LogP contribution in [0.1, 0.15) is 39.2 Å². The molecule has 0 heterocycles. The summed E-state index contributed by atoms with van der Waals surface area (Å²) in [4.78, 5) is 11.9. The van der Waals surface area contributed by atoms with Gasteiger partial charge in [-0.25, -0.2) is 9.18 Å². The van der Waals surface area contributed by atoms with Gasteiger partial charge in [0.2, 0.25) is 0 Å². The highest BCUT2D eigenvalue weighted by Gasteiger charge is 2.33. The second-order valence-corrected chi connectivity index (χ2v) is 7.04. The lowest BCUT2D eigenvalue weighted by Crippen LogP contribution is -2.45. The van der Waals surface area contributed by atoms with Gasteiger partial charge < -0.3 is 20.5 Å². The van der Waals surface area contributed by atoms with E-state index in [1.807, 2.05) is 20.8 Å². The minimum Gasteiger partial charge on any atom is -0.508 e. The Morgan fingerprint density at radius 3 is 2.65 bits per heavy atom. The van der Waals surface area contributed by atoms with Gasteiger partial charge in [0.1, 0.15) is 17.2 Å². The number of ether oxygens (including phenoxy) is 1. The van der Waals surface area contributed by atoms with Crippen molar-refractivity contribution in [2.24, 2.45) is 5.92 Å². The number of nitrogens with one attached hydrogen (secondary N) is 2. The number of amides is 1. The van der Waals surface area contributed by atoms with E-state index in [2.05, 4.69) is 10.6 Å². The molecule has 1 fully saturated rings. The molecule has 3 N–H and O–H groups in total. The summed E-state index contributed by atoms with van der Waals surface area (Å²) in [6.45, 7) is 6.47. The third-order valence-corrected chi connectivity index (χ3v) is 3.53. The molecule has 1 aromatic carbocycles. The van der Waals surface area contributed by atoms with Gasteiger partial charge in [0, 0.05) is 25.2 Å². The summed E-state index contributed by atoms with van der Waals surface area (Å²) in [7, 11) is 0. The highest BCUT2D eigenvalue weighted by molar-refractivity contribution is 5.68. The zero-order valence-electron chi connectivity index (χ0n) is 13.9. The summed E-state index contributed by atoms with van der Waals surface area (Å²) >= 11 is 0. The number of hydrogen-bond donors (Lipinski definition) is 3. The number of phenolic OH excluding ortho intramolecular Hbond substituents is 1. The van der Waals surface area contributed by atoms with Gasteiger partial charge in [0.05, 0.1) is 0 Å². The largest absolute Gasteiger partial charge is 0.508 e. The minimum atomic E-state index is -0.523.